The van der Waals surface area contributed by atoms with Gasteiger partial charge < -0.3 is 15.0 Å². The van der Waals surface area contributed by atoms with Crippen LogP contribution in [0.5, 0.6) is 0 Å². The fourth-order valence-electron chi connectivity index (χ4n) is 2.00. The highest BCUT2D eigenvalue weighted by Gasteiger charge is 2.13. The maximum atomic E-state index is 12.3. The SMILES string of the molecule is COC(=O)c1cc(NC(=O)c2cccc(N(C)C)c2)ccc1Cl. The maximum absolute atomic E-state index is 12.3. The number of carbonyl (C=O) groups excluding carboxylic acids is 2. The standard InChI is InChI=1S/C17H17ClN2O3/c1-20(2)13-6-4-5-11(9-13)16(21)19-12-7-8-15(18)14(10-12)17(22)23-3/h4-10H,1-3H3,(H,19,21). The number of nitrogens with one attached hydrogen (secondary N) is 1. The molecule has 0 aliphatic rings. The number of carbonyl (C=O) groups is 2. The third kappa shape index (κ3) is 4.02. The first-order valence-corrected chi connectivity index (χ1v) is 7.27. The quantitative estimate of drug-likeness (QED) is 0.871. The van der Waals surface area contributed by atoms with Gasteiger partial charge in [-0.15, -0.1) is 0 Å². The van der Waals surface area contributed by atoms with E-state index in [-0.39, 0.29) is 16.5 Å². The Balaban J connectivity index is 2.23. The van der Waals surface area contributed by atoms with Gasteiger partial charge in [-0.05, 0) is 36.4 Å². The Morgan fingerprint density at radius 1 is 1.13 bits per heavy atom. The van der Waals surface area contributed by atoms with E-state index in [1.807, 2.05) is 31.1 Å². The minimum absolute atomic E-state index is 0.203. The summed E-state index contributed by atoms with van der Waals surface area (Å²) in [6, 6.07) is 11.9. The molecule has 1 amide bonds. The molecule has 0 atom stereocenters. The summed E-state index contributed by atoms with van der Waals surface area (Å²) in [6.45, 7) is 0. The molecule has 1 N–H and O–H groups in total. The Kier molecular flexibility index (Phi) is 5.24. The van der Waals surface area contributed by atoms with Crippen molar-refractivity contribution < 1.29 is 14.3 Å². The second-order valence-electron chi connectivity index (χ2n) is 5.09. The van der Waals surface area contributed by atoms with Gasteiger partial charge in [-0.25, -0.2) is 4.79 Å². The number of esters is 1. The van der Waals surface area contributed by atoms with Gasteiger partial charge in [-0.1, -0.05) is 17.7 Å². The van der Waals surface area contributed by atoms with E-state index in [9.17, 15) is 9.59 Å². The Hall–Kier alpha value is -2.53. The molecular weight excluding hydrogens is 316 g/mol. The fourth-order valence-corrected chi connectivity index (χ4v) is 2.19. The van der Waals surface area contributed by atoms with Gasteiger partial charge in [0.1, 0.15) is 0 Å². The van der Waals surface area contributed by atoms with Crippen molar-refractivity contribution in [1.82, 2.24) is 0 Å². The second-order valence-corrected chi connectivity index (χ2v) is 5.49. The minimum atomic E-state index is -0.555. The van der Waals surface area contributed by atoms with Crippen molar-refractivity contribution in [3.63, 3.8) is 0 Å². The van der Waals surface area contributed by atoms with E-state index in [1.54, 1.807) is 24.3 Å². The number of anilines is 2. The van der Waals surface area contributed by atoms with E-state index in [4.69, 9.17) is 11.6 Å². The second kappa shape index (κ2) is 7.15. The van der Waals surface area contributed by atoms with Crippen molar-refractivity contribution in [2.24, 2.45) is 0 Å². The molecule has 2 rings (SSSR count). The topological polar surface area (TPSA) is 58.6 Å². The average molecular weight is 333 g/mol. The summed E-state index contributed by atoms with van der Waals surface area (Å²) in [5.41, 5.74) is 2.11. The molecule has 0 bridgehead atoms. The lowest BCUT2D eigenvalue weighted by Crippen LogP contribution is -2.14. The summed E-state index contributed by atoms with van der Waals surface area (Å²) in [4.78, 5) is 25.9. The maximum Gasteiger partial charge on any atom is 0.339 e. The first kappa shape index (κ1) is 16.8. The van der Waals surface area contributed by atoms with Crippen LogP contribution >= 0.6 is 11.6 Å². The van der Waals surface area contributed by atoms with Crippen LogP contribution in [0, 0.1) is 0 Å². The Bertz CT molecular complexity index is 744. The van der Waals surface area contributed by atoms with E-state index in [0.29, 0.717) is 11.3 Å². The molecule has 2 aromatic carbocycles. The third-order valence-electron chi connectivity index (χ3n) is 3.25. The smallest absolute Gasteiger partial charge is 0.339 e. The number of benzene rings is 2. The number of hydrogen-bond acceptors (Lipinski definition) is 4. The molecular formula is C17H17ClN2O3. The Morgan fingerprint density at radius 2 is 1.87 bits per heavy atom. The molecule has 0 saturated carbocycles. The highest BCUT2D eigenvalue weighted by atomic mass is 35.5. The highest BCUT2D eigenvalue weighted by Crippen LogP contribution is 2.22. The van der Waals surface area contributed by atoms with Crippen LogP contribution in [0.25, 0.3) is 0 Å². The van der Waals surface area contributed by atoms with Crippen LogP contribution in [-0.4, -0.2) is 33.1 Å². The van der Waals surface area contributed by atoms with Crippen molar-refractivity contribution in [1.29, 1.82) is 0 Å². The van der Waals surface area contributed by atoms with E-state index in [0.717, 1.165) is 5.69 Å². The lowest BCUT2D eigenvalue weighted by Gasteiger charge is -2.13. The Labute approximate surface area is 139 Å². The molecule has 0 heterocycles. The molecule has 120 valence electrons. The zero-order chi connectivity index (χ0) is 17.0. The van der Waals surface area contributed by atoms with E-state index < -0.39 is 5.97 Å². The summed E-state index contributed by atoms with van der Waals surface area (Å²) in [5, 5.41) is 3.02. The lowest BCUT2D eigenvalue weighted by molar-refractivity contribution is 0.0600. The summed E-state index contributed by atoms with van der Waals surface area (Å²) >= 11 is 5.96. The van der Waals surface area contributed by atoms with Gasteiger partial charge in [-0.3, -0.25) is 4.79 Å². The van der Waals surface area contributed by atoms with Crippen molar-refractivity contribution in [3.8, 4) is 0 Å². The molecule has 0 aromatic heterocycles. The van der Waals surface area contributed by atoms with Crippen LogP contribution < -0.4 is 10.2 Å². The predicted octanol–water partition coefficient (Wildman–Crippen LogP) is 3.44. The van der Waals surface area contributed by atoms with Crippen LogP contribution in [0.15, 0.2) is 42.5 Å². The van der Waals surface area contributed by atoms with Crippen molar-refractivity contribution >= 4 is 34.9 Å². The van der Waals surface area contributed by atoms with E-state index in [2.05, 4.69) is 10.1 Å². The van der Waals surface area contributed by atoms with Crippen LogP contribution in [0.2, 0.25) is 5.02 Å². The summed E-state index contributed by atoms with van der Waals surface area (Å²) in [6.07, 6.45) is 0. The molecule has 6 heteroatoms. The normalized spacial score (nSPS) is 10.1. The van der Waals surface area contributed by atoms with Crippen molar-refractivity contribution in [2.75, 3.05) is 31.4 Å². The van der Waals surface area contributed by atoms with Gasteiger partial charge in [0.05, 0.1) is 17.7 Å². The van der Waals surface area contributed by atoms with Crippen LogP contribution in [-0.2, 0) is 4.74 Å². The number of hydrogen-bond donors (Lipinski definition) is 1. The number of rotatable bonds is 4. The third-order valence-corrected chi connectivity index (χ3v) is 3.58. The molecule has 23 heavy (non-hydrogen) atoms. The molecule has 0 aliphatic heterocycles. The molecule has 5 nitrogen and oxygen atoms in total. The largest absolute Gasteiger partial charge is 0.465 e. The molecule has 0 aliphatic carbocycles. The number of methoxy groups -OCH3 is 1. The van der Waals surface area contributed by atoms with Crippen LogP contribution in [0.4, 0.5) is 11.4 Å². The lowest BCUT2D eigenvalue weighted by atomic mass is 10.1. The molecule has 0 unspecified atom stereocenters. The van der Waals surface area contributed by atoms with Gasteiger partial charge in [-0.2, -0.15) is 0 Å². The molecule has 0 fully saturated rings. The zero-order valence-corrected chi connectivity index (χ0v) is 13.8. The van der Waals surface area contributed by atoms with Crippen LogP contribution in [0.1, 0.15) is 20.7 Å². The number of ether oxygens (including phenoxy) is 1. The summed E-state index contributed by atoms with van der Waals surface area (Å²) in [7, 11) is 5.08. The van der Waals surface area contributed by atoms with Crippen LogP contribution in [0.3, 0.4) is 0 Å². The first-order chi connectivity index (χ1) is 10.9. The van der Waals surface area contributed by atoms with Gasteiger partial charge in [0.15, 0.2) is 0 Å². The zero-order valence-electron chi connectivity index (χ0n) is 13.1. The van der Waals surface area contributed by atoms with Gasteiger partial charge in [0, 0.05) is 31.0 Å². The molecule has 0 radical (unpaired) electrons. The van der Waals surface area contributed by atoms with Crippen molar-refractivity contribution in [2.45, 2.75) is 0 Å². The van der Waals surface area contributed by atoms with Gasteiger partial charge in [0.2, 0.25) is 0 Å². The molecule has 2 aromatic rings. The van der Waals surface area contributed by atoms with Crippen molar-refractivity contribution in [3.05, 3.63) is 58.6 Å². The fraction of sp³-hybridized carbons (Fsp3) is 0.176. The molecule has 0 saturated heterocycles. The first-order valence-electron chi connectivity index (χ1n) is 6.89. The predicted molar refractivity (Wildman–Crippen MR) is 91.5 cm³/mol. The summed E-state index contributed by atoms with van der Waals surface area (Å²) < 4.78 is 4.66. The number of amides is 1. The summed E-state index contributed by atoms with van der Waals surface area (Å²) in [5.74, 6) is -0.826. The number of nitrogens with zero attached hydrogens (tertiary/aromatic N) is 1. The van der Waals surface area contributed by atoms with Gasteiger partial charge in [0.25, 0.3) is 5.91 Å². The monoisotopic (exact) mass is 332 g/mol. The van der Waals surface area contributed by atoms with Gasteiger partial charge >= 0.3 is 5.97 Å². The minimum Gasteiger partial charge on any atom is -0.465 e. The average Bonchev–Trinajstić information content (AvgIpc) is 2.55. The van der Waals surface area contributed by atoms with E-state index in [1.165, 1.54) is 13.2 Å². The number of halogens is 1. The van der Waals surface area contributed by atoms with E-state index >= 15 is 0 Å². The highest BCUT2D eigenvalue weighted by molar-refractivity contribution is 6.33. The Morgan fingerprint density at radius 3 is 2.52 bits per heavy atom. The molecule has 0 spiro atoms.